The van der Waals surface area contributed by atoms with Crippen molar-refractivity contribution in [1.29, 1.82) is 0 Å². The van der Waals surface area contributed by atoms with Gasteiger partial charge in [-0.15, -0.1) is 0 Å². The molecule has 5 rings (SSSR count). The summed E-state index contributed by atoms with van der Waals surface area (Å²) in [7, 11) is 0. The molecule has 4 heterocycles. The Labute approximate surface area is 214 Å². The summed E-state index contributed by atoms with van der Waals surface area (Å²) < 4.78 is 46.7. The number of rotatable bonds is 7. The predicted molar refractivity (Wildman–Crippen MR) is 135 cm³/mol. The van der Waals surface area contributed by atoms with E-state index in [1.165, 1.54) is 18.6 Å². The molecule has 2 N–H and O–H groups in total. The Hall–Kier alpha value is -5.06. The summed E-state index contributed by atoms with van der Waals surface area (Å²) in [4.78, 5) is 31.9. The van der Waals surface area contributed by atoms with Gasteiger partial charge >= 0.3 is 6.18 Å². The molecule has 0 fully saturated rings. The first-order valence-corrected chi connectivity index (χ1v) is 11.3. The number of hydrogen-bond acceptors (Lipinski definition) is 6. The van der Waals surface area contributed by atoms with Gasteiger partial charge in [-0.1, -0.05) is 12.6 Å². The summed E-state index contributed by atoms with van der Waals surface area (Å²) in [6, 6.07) is 10.4. The summed E-state index contributed by atoms with van der Waals surface area (Å²) in [5.74, 6) is -0.185. The molecule has 1 amide bonds. The monoisotopic (exact) mass is 516 g/mol. The maximum atomic E-state index is 13.6. The van der Waals surface area contributed by atoms with Crippen molar-refractivity contribution >= 4 is 22.6 Å². The highest BCUT2D eigenvalue weighted by Gasteiger charge is 2.31. The summed E-state index contributed by atoms with van der Waals surface area (Å²) >= 11 is 0. The molecule has 1 aromatic carbocycles. The molecule has 38 heavy (non-hydrogen) atoms. The Kier molecular flexibility index (Phi) is 6.56. The predicted octanol–water partition coefficient (Wildman–Crippen LogP) is 5.80. The number of hydrogen-bond donors (Lipinski definition) is 2. The van der Waals surface area contributed by atoms with Crippen molar-refractivity contribution in [3.05, 3.63) is 97.4 Å². The zero-order valence-corrected chi connectivity index (χ0v) is 19.7. The number of amides is 1. The Morgan fingerprint density at radius 1 is 1.08 bits per heavy atom. The summed E-state index contributed by atoms with van der Waals surface area (Å²) in [6.07, 6.45) is 4.19. The molecule has 0 aliphatic carbocycles. The van der Waals surface area contributed by atoms with Gasteiger partial charge in [-0.2, -0.15) is 13.2 Å². The normalized spacial score (nSPS) is 11.3. The fourth-order valence-electron chi connectivity index (χ4n) is 3.87. The van der Waals surface area contributed by atoms with Gasteiger partial charge in [0.05, 0.1) is 11.3 Å². The second-order valence-electron chi connectivity index (χ2n) is 8.17. The minimum atomic E-state index is -4.62. The van der Waals surface area contributed by atoms with Crippen LogP contribution in [-0.4, -0.2) is 30.8 Å². The SMILES string of the molecule is C=CC(=O)Nc1cc(-c2cnc3[nH]cc(-c4ncncc4COc4ccccn4)c3c2)cc(C(F)(F)F)c1. The van der Waals surface area contributed by atoms with Crippen molar-refractivity contribution in [1.82, 2.24) is 24.9 Å². The average molecular weight is 516 g/mol. The Morgan fingerprint density at radius 2 is 1.95 bits per heavy atom. The Balaban J connectivity index is 1.56. The molecular formula is C27H19F3N6O2. The number of aromatic nitrogens is 5. The number of halogens is 3. The molecule has 11 heteroatoms. The second-order valence-corrected chi connectivity index (χ2v) is 8.17. The topological polar surface area (TPSA) is 106 Å². The number of aromatic amines is 1. The van der Waals surface area contributed by atoms with Crippen LogP contribution in [0, 0.1) is 0 Å². The maximum absolute atomic E-state index is 13.6. The second kappa shape index (κ2) is 10.1. The first kappa shape index (κ1) is 24.6. The molecule has 0 saturated heterocycles. The molecule has 0 aliphatic heterocycles. The molecule has 8 nitrogen and oxygen atoms in total. The number of anilines is 1. The number of carbonyl (C=O) groups excluding carboxylic acids is 1. The number of nitrogens with zero attached hydrogens (tertiary/aromatic N) is 4. The van der Waals surface area contributed by atoms with Crippen LogP contribution in [0.2, 0.25) is 0 Å². The number of carbonyl (C=O) groups is 1. The molecule has 0 spiro atoms. The highest BCUT2D eigenvalue weighted by atomic mass is 19.4. The van der Waals surface area contributed by atoms with E-state index in [1.807, 2.05) is 0 Å². The quantitative estimate of drug-likeness (QED) is 0.265. The van der Waals surface area contributed by atoms with E-state index in [0.717, 1.165) is 18.2 Å². The fourth-order valence-corrected chi connectivity index (χ4v) is 3.87. The lowest BCUT2D eigenvalue weighted by atomic mass is 10.0. The van der Waals surface area contributed by atoms with Crippen LogP contribution in [0.1, 0.15) is 11.1 Å². The van der Waals surface area contributed by atoms with Gasteiger partial charge in [-0.05, 0) is 42.0 Å². The van der Waals surface area contributed by atoms with Gasteiger partial charge in [0, 0.05) is 58.6 Å². The third kappa shape index (κ3) is 5.21. The number of nitrogens with one attached hydrogen (secondary N) is 2. The number of H-pyrrole nitrogens is 1. The van der Waals surface area contributed by atoms with Crippen LogP contribution in [0.4, 0.5) is 18.9 Å². The van der Waals surface area contributed by atoms with Crippen molar-refractivity contribution in [2.45, 2.75) is 12.8 Å². The summed E-state index contributed by atoms with van der Waals surface area (Å²) in [6.45, 7) is 3.49. The van der Waals surface area contributed by atoms with Gasteiger partial charge in [0.2, 0.25) is 11.8 Å². The molecule has 0 aliphatic rings. The fraction of sp³-hybridized carbons (Fsp3) is 0.0741. The molecule has 0 unspecified atom stereocenters. The summed E-state index contributed by atoms with van der Waals surface area (Å²) in [5.41, 5.74) is 2.16. The van der Waals surface area contributed by atoms with Crippen LogP contribution in [0.5, 0.6) is 5.88 Å². The van der Waals surface area contributed by atoms with Gasteiger partial charge in [0.1, 0.15) is 18.6 Å². The number of ether oxygens (including phenoxy) is 1. The van der Waals surface area contributed by atoms with E-state index in [0.29, 0.717) is 39.3 Å². The zero-order valence-electron chi connectivity index (χ0n) is 19.7. The van der Waals surface area contributed by atoms with Crippen molar-refractivity contribution in [2.75, 3.05) is 5.32 Å². The molecule has 0 saturated carbocycles. The van der Waals surface area contributed by atoms with E-state index in [2.05, 4.69) is 36.8 Å². The van der Waals surface area contributed by atoms with Crippen molar-refractivity contribution in [3.63, 3.8) is 0 Å². The minimum Gasteiger partial charge on any atom is -0.473 e. The van der Waals surface area contributed by atoms with E-state index in [1.54, 1.807) is 42.9 Å². The largest absolute Gasteiger partial charge is 0.473 e. The first-order valence-electron chi connectivity index (χ1n) is 11.3. The van der Waals surface area contributed by atoms with Gasteiger partial charge in [-0.25, -0.2) is 19.9 Å². The smallest absolute Gasteiger partial charge is 0.416 e. The number of fused-ring (bicyclic) bond motifs is 1. The zero-order chi connectivity index (χ0) is 26.7. The van der Waals surface area contributed by atoms with Gasteiger partial charge < -0.3 is 15.0 Å². The van der Waals surface area contributed by atoms with Crippen LogP contribution in [0.15, 0.2) is 86.2 Å². The van der Waals surface area contributed by atoms with Gasteiger partial charge in [-0.3, -0.25) is 4.79 Å². The standard InChI is InChI=1S/C27H19F3N6O2/c1-2-23(37)36-20-8-16(7-19(10-20)27(28,29)30)17-9-21-22(13-34-26(21)33-12-17)25-18(11-31-15-35-25)14-38-24-5-3-4-6-32-24/h2-13,15H,1,14H2,(H,33,34)(H,36,37). The van der Waals surface area contributed by atoms with Crippen LogP contribution in [0.25, 0.3) is 33.4 Å². The van der Waals surface area contributed by atoms with Gasteiger partial charge in [0.25, 0.3) is 0 Å². The molecule has 0 radical (unpaired) electrons. The van der Waals surface area contributed by atoms with E-state index in [4.69, 9.17) is 4.74 Å². The first-order chi connectivity index (χ1) is 18.3. The third-order valence-electron chi connectivity index (χ3n) is 5.63. The van der Waals surface area contributed by atoms with Crippen molar-refractivity contribution in [3.8, 4) is 28.3 Å². The lowest BCUT2D eigenvalue weighted by Gasteiger charge is -2.13. The van der Waals surface area contributed by atoms with Crippen LogP contribution in [-0.2, 0) is 17.6 Å². The highest BCUT2D eigenvalue weighted by molar-refractivity contribution is 6.00. The van der Waals surface area contributed by atoms with Crippen molar-refractivity contribution in [2.24, 2.45) is 0 Å². The molecule has 5 aromatic rings. The molecule has 0 bridgehead atoms. The van der Waals surface area contributed by atoms with E-state index >= 15 is 0 Å². The lowest BCUT2D eigenvalue weighted by Crippen LogP contribution is -2.10. The van der Waals surface area contributed by atoms with E-state index in [-0.39, 0.29) is 17.9 Å². The molecule has 190 valence electrons. The number of alkyl halides is 3. The highest BCUT2D eigenvalue weighted by Crippen LogP contribution is 2.37. The van der Waals surface area contributed by atoms with Crippen molar-refractivity contribution < 1.29 is 22.7 Å². The number of pyridine rings is 2. The molecular weight excluding hydrogens is 497 g/mol. The minimum absolute atomic E-state index is 0.0149. The van der Waals surface area contributed by atoms with Crippen LogP contribution >= 0.6 is 0 Å². The number of benzene rings is 1. The molecule has 0 atom stereocenters. The van der Waals surface area contributed by atoms with E-state index < -0.39 is 17.6 Å². The Bertz CT molecular complexity index is 1630. The third-order valence-corrected chi connectivity index (χ3v) is 5.63. The lowest BCUT2D eigenvalue weighted by molar-refractivity contribution is -0.137. The van der Waals surface area contributed by atoms with Crippen LogP contribution in [0.3, 0.4) is 0 Å². The average Bonchev–Trinajstić information content (AvgIpc) is 3.35. The maximum Gasteiger partial charge on any atom is 0.416 e. The van der Waals surface area contributed by atoms with Gasteiger partial charge in [0.15, 0.2) is 0 Å². The molecule has 4 aromatic heterocycles. The Morgan fingerprint density at radius 3 is 2.71 bits per heavy atom. The van der Waals surface area contributed by atoms with Crippen LogP contribution < -0.4 is 10.1 Å². The van der Waals surface area contributed by atoms with E-state index in [9.17, 15) is 18.0 Å². The summed E-state index contributed by atoms with van der Waals surface area (Å²) in [5, 5.41) is 3.03.